The maximum atomic E-state index is 13.5. The van der Waals surface area contributed by atoms with Crippen molar-refractivity contribution >= 4 is 5.91 Å². The number of carbonyl (C=O) groups is 1. The molecule has 28 heavy (non-hydrogen) atoms. The first kappa shape index (κ1) is 19.4. The molecule has 0 spiro atoms. The molecule has 0 saturated heterocycles. The van der Waals surface area contributed by atoms with Crippen LogP contribution in [0, 0.1) is 22.2 Å². The van der Waals surface area contributed by atoms with E-state index in [4.69, 9.17) is 14.2 Å². The van der Waals surface area contributed by atoms with E-state index in [-0.39, 0.29) is 11.3 Å². The number of ether oxygens (including phenoxy) is 3. The van der Waals surface area contributed by atoms with Crippen molar-refractivity contribution in [3.8, 4) is 17.2 Å². The predicted octanol–water partition coefficient (Wildman–Crippen LogP) is 4.33. The number of nitrogens with one attached hydrogen (secondary N) is 1. The van der Waals surface area contributed by atoms with Gasteiger partial charge < -0.3 is 19.5 Å². The topological polar surface area (TPSA) is 56.8 Å². The molecule has 1 aromatic rings. The van der Waals surface area contributed by atoms with Crippen LogP contribution in [-0.4, -0.2) is 27.2 Å². The summed E-state index contributed by atoms with van der Waals surface area (Å²) in [6.07, 6.45) is 6.94. The molecule has 4 bridgehead atoms. The molecule has 4 saturated carbocycles. The van der Waals surface area contributed by atoms with Crippen molar-refractivity contribution in [2.24, 2.45) is 22.2 Å². The SMILES string of the molecule is COc1cc(OC)c(CNC(=O)C23CC4CC(C)(CC(C)(C4)C2)C3)c(OC)c1. The highest BCUT2D eigenvalue weighted by Crippen LogP contribution is 2.69. The van der Waals surface area contributed by atoms with Crippen LogP contribution >= 0.6 is 0 Å². The van der Waals surface area contributed by atoms with Gasteiger partial charge in [-0.15, -0.1) is 0 Å². The summed E-state index contributed by atoms with van der Waals surface area (Å²) in [4.78, 5) is 13.5. The van der Waals surface area contributed by atoms with E-state index in [2.05, 4.69) is 19.2 Å². The van der Waals surface area contributed by atoms with Crippen molar-refractivity contribution < 1.29 is 19.0 Å². The highest BCUT2D eigenvalue weighted by molar-refractivity contribution is 5.83. The van der Waals surface area contributed by atoms with Crippen molar-refractivity contribution in [3.63, 3.8) is 0 Å². The largest absolute Gasteiger partial charge is 0.496 e. The Morgan fingerprint density at radius 1 is 0.964 bits per heavy atom. The summed E-state index contributed by atoms with van der Waals surface area (Å²) in [7, 11) is 4.87. The summed E-state index contributed by atoms with van der Waals surface area (Å²) < 4.78 is 16.4. The summed E-state index contributed by atoms with van der Waals surface area (Å²) in [5.74, 6) is 2.91. The summed E-state index contributed by atoms with van der Waals surface area (Å²) in [5, 5.41) is 3.24. The molecule has 5 heteroatoms. The third-order valence-corrected chi connectivity index (χ3v) is 7.35. The summed E-state index contributed by atoms with van der Waals surface area (Å²) in [6, 6.07) is 3.66. The van der Waals surface area contributed by atoms with Crippen LogP contribution < -0.4 is 19.5 Å². The van der Waals surface area contributed by atoms with Gasteiger partial charge in [-0.25, -0.2) is 0 Å². The summed E-state index contributed by atoms with van der Waals surface area (Å²) in [5.41, 5.74) is 1.28. The van der Waals surface area contributed by atoms with E-state index in [1.165, 1.54) is 19.3 Å². The number of amides is 1. The number of benzene rings is 1. The lowest BCUT2D eigenvalue weighted by molar-refractivity contribution is -0.170. The second-order valence-corrected chi connectivity index (χ2v) is 10.1. The van der Waals surface area contributed by atoms with Crippen LogP contribution in [0.2, 0.25) is 0 Å². The number of methoxy groups -OCH3 is 3. The van der Waals surface area contributed by atoms with Crippen LogP contribution in [0.15, 0.2) is 12.1 Å². The fourth-order valence-electron chi connectivity index (χ4n) is 7.31. The molecule has 1 N–H and O–H groups in total. The Morgan fingerprint density at radius 2 is 1.54 bits per heavy atom. The van der Waals surface area contributed by atoms with Crippen LogP contribution in [-0.2, 0) is 11.3 Å². The van der Waals surface area contributed by atoms with Gasteiger partial charge in [0.25, 0.3) is 0 Å². The summed E-state index contributed by atoms with van der Waals surface area (Å²) >= 11 is 0. The molecule has 0 aliphatic heterocycles. The molecule has 0 radical (unpaired) electrons. The van der Waals surface area contributed by atoms with E-state index >= 15 is 0 Å². The molecule has 1 amide bonds. The highest BCUT2D eigenvalue weighted by Gasteiger charge is 2.62. The van der Waals surface area contributed by atoms with Crippen molar-refractivity contribution in [2.45, 2.75) is 58.9 Å². The van der Waals surface area contributed by atoms with Crippen molar-refractivity contribution in [3.05, 3.63) is 17.7 Å². The van der Waals surface area contributed by atoms with Crippen LogP contribution in [0.1, 0.15) is 57.9 Å². The van der Waals surface area contributed by atoms with E-state index in [0.717, 1.165) is 24.8 Å². The van der Waals surface area contributed by atoms with Crippen molar-refractivity contribution in [1.29, 1.82) is 0 Å². The number of carbonyl (C=O) groups excluding carboxylic acids is 1. The normalized spacial score (nSPS) is 35.5. The minimum absolute atomic E-state index is 0.203. The van der Waals surface area contributed by atoms with Crippen LogP contribution in [0.5, 0.6) is 17.2 Å². The molecule has 4 aliphatic rings. The van der Waals surface area contributed by atoms with Gasteiger partial charge in [-0.3, -0.25) is 4.79 Å². The second kappa shape index (κ2) is 6.57. The molecule has 154 valence electrons. The average molecular weight is 388 g/mol. The Kier molecular flexibility index (Phi) is 4.55. The Morgan fingerprint density at radius 3 is 2.00 bits per heavy atom. The quantitative estimate of drug-likeness (QED) is 0.790. The molecule has 4 aliphatic carbocycles. The van der Waals surface area contributed by atoms with Gasteiger partial charge in [-0.1, -0.05) is 13.8 Å². The maximum Gasteiger partial charge on any atom is 0.226 e. The van der Waals surface area contributed by atoms with Gasteiger partial charge >= 0.3 is 0 Å². The Labute approximate surface area is 168 Å². The molecule has 0 aromatic heterocycles. The first-order chi connectivity index (χ1) is 13.2. The lowest BCUT2D eigenvalue weighted by Crippen LogP contribution is -2.59. The van der Waals surface area contributed by atoms with Gasteiger partial charge in [-0.05, 0) is 55.3 Å². The Balaban J connectivity index is 1.56. The van der Waals surface area contributed by atoms with Crippen molar-refractivity contribution in [2.75, 3.05) is 21.3 Å². The smallest absolute Gasteiger partial charge is 0.226 e. The zero-order chi connectivity index (χ0) is 20.2. The lowest BCUT2D eigenvalue weighted by Gasteiger charge is -2.64. The molecule has 2 unspecified atom stereocenters. The van der Waals surface area contributed by atoms with Gasteiger partial charge in [-0.2, -0.15) is 0 Å². The Hall–Kier alpha value is -1.91. The number of rotatable bonds is 6. The molecule has 1 aromatic carbocycles. The summed E-state index contributed by atoms with van der Waals surface area (Å²) in [6.45, 7) is 5.19. The molecule has 2 atom stereocenters. The standard InChI is InChI=1S/C23H33NO4/c1-21-8-15-9-22(2,12-21)14-23(10-15,13-21)20(25)24-11-17-18(27-4)6-16(26-3)7-19(17)28-5/h6-7,15H,8-14H2,1-5H3,(H,24,25). The number of hydrogen-bond acceptors (Lipinski definition) is 4. The monoisotopic (exact) mass is 387 g/mol. The second-order valence-electron chi connectivity index (χ2n) is 10.1. The Bertz CT molecular complexity index is 746. The third-order valence-electron chi connectivity index (χ3n) is 7.35. The zero-order valence-corrected chi connectivity index (χ0v) is 17.8. The highest BCUT2D eigenvalue weighted by atomic mass is 16.5. The van der Waals surface area contributed by atoms with Crippen LogP contribution in [0.3, 0.4) is 0 Å². The maximum absolute atomic E-state index is 13.5. The fraction of sp³-hybridized carbons (Fsp3) is 0.696. The molecule has 5 rings (SSSR count). The van der Waals surface area contributed by atoms with E-state index in [0.29, 0.717) is 40.5 Å². The van der Waals surface area contributed by atoms with E-state index in [1.807, 2.05) is 12.1 Å². The van der Waals surface area contributed by atoms with E-state index in [9.17, 15) is 4.79 Å². The van der Waals surface area contributed by atoms with Gasteiger partial charge in [0, 0.05) is 12.1 Å². The van der Waals surface area contributed by atoms with Crippen molar-refractivity contribution in [1.82, 2.24) is 5.32 Å². The van der Waals surface area contributed by atoms with Gasteiger partial charge in [0.05, 0.1) is 38.9 Å². The van der Waals surface area contributed by atoms with Crippen LogP contribution in [0.4, 0.5) is 0 Å². The molecular weight excluding hydrogens is 354 g/mol. The van der Waals surface area contributed by atoms with Gasteiger partial charge in [0.1, 0.15) is 17.2 Å². The third kappa shape index (κ3) is 3.13. The molecular formula is C23H33NO4. The minimum atomic E-state index is -0.212. The average Bonchev–Trinajstić information content (AvgIpc) is 2.62. The first-order valence-corrected chi connectivity index (χ1v) is 10.3. The van der Waals surface area contributed by atoms with Gasteiger partial charge in [0.15, 0.2) is 0 Å². The lowest BCUT2D eigenvalue weighted by atomic mass is 9.40. The molecule has 0 heterocycles. The first-order valence-electron chi connectivity index (χ1n) is 10.3. The minimum Gasteiger partial charge on any atom is -0.496 e. The zero-order valence-electron chi connectivity index (χ0n) is 17.8. The fourth-order valence-corrected chi connectivity index (χ4v) is 7.31. The van der Waals surface area contributed by atoms with E-state index < -0.39 is 0 Å². The van der Waals surface area contributed by atoms with Crippen LogP contribution in [0.25, 0.3) is 0 Å². The number of hydrogen-bond donors (Lipinski definition) is 1. The molecule has 4 fully saturated rings. The van der Waals surface area contributed by atoms with Gasteiger partial charge in [0.2, 0.25) is 5.91 Å². The molecule has 5 nitrogen and oxygen atoms in total. The predicted molar refractivity (Wildman–Crippen MR) is 108 cm³/mol. The van der Waals surface area contributed by atoms with E-state index in [1.54, 1.807) is 21.3 Å².